The Balaban J connectivity index is 1.77. The van der Waals surface area contributed by atoms with Crippen molar-refractivity contribution < 1.29 is 19.4 Å². The number of para-hydroxylation sites is 2. The smallest absolute Gasteiger partial charge is 0.345 e. The highest BCUT2D eigenvalue weighted by Crippen LogP contribution is 2.32. The maximum absolute atomic E-state index is 13.8. The van der Waals surface area contributed by atoms with Crippen LogP contribution in [0.5, 0.6) is 5.88 Å². The molecule has 0 saturated heterocycles. The number of aromatic hydroxyl groups is 1. The summed E-state index contributed by atoms with van der Waals surface area (Å²) in [4.78, 5) is 42.1. The number of nitrogens with one attached hydrogen (secondary N) is 1. The zero-order valence-corrected chi connectivity index (χ0v) is 19.8. The van der Waals surface area contributed by atoms with Crippen molar-refractivity contribution in [3.63, 3.8) is 0 Å². The van der Waals surface area contributed by atoms with Crippen molar-refractivity contribution in [2.45, 2.75) is 6.92 Å². The Morgan fingerprint density at radius 1 is 0.919 bits per heavy atom. The maximum Gasteiger partial charge on any atom is 0.345 e. The van der Waals surface area contributed by atoms with Crippen LogP contribution in [-0.4, -0.2) is 28.6 Å². The molecule has 0 aliphatic carbocycles. The van der Waals surface area contributed by atoms with Gasteiger partial charge in [-0.3, -0.25) is 19.5 Å². The van der Waals surface area contributed by atoms with Gasteiger partial charge in [-0.1, -0.05) is 48.5 Å². The molecule has 4 rings (SSSR count). The molecule has 4 aromatic rings. The largest absolute Gasteiger partial charge is 0.494 e. The number of esters is 1. The predicted octanol–water partition coefficient (Wildman–Crippen LogP) is 5.23. The number of nitrogens with two attached hydrogens (primary N) is 1. The summed E-state index contributed by atoms with van der Waals surface area (Å²) in [7, 11) is 0. The van der Waals surface area contributed by atoms with Gasteiger partial charge < -0.3 is 15.6 Å². The molecule has 1 amide bonds. The van der Waals surface area contributed by atoms with Crippen molar-refractivity contribution >= 4 is 40.3 Å². The van der Waals surface area contributed by atoms with E-state index >= 15 is 0 Å². The van der Waals surface area contributed by atoms with Gasteiger partial charge in [0.1, 0.15) is 5.56 Å². The van der Waals surface area contributed by atoms with E-state index in [0.29, 0.717) is 11.4 Å². The summed E-state index contributed by atoms with van der Waals surface area (Å²) in [5.74, 6) is -2.05. The Hall–Kier alpha value is -5.25. The summed E-state index contributed by atoms with van der Waals surface area (Å²) < 4.78 is 4.88. The van der Waals surface area contributed by atoms with Crippen LogP contribution >= 0.6 is 0 Å². The summed E-state index contributed by atoms with van der Waals surface area (Å²) in [5, 5.41) is 18.1. The van der Waals surface area contributed by atoms with Gasteiger partial charge in [-0.25, -0.2) is 4.79 Å². The molecular weight excluding hydrogens is 474 g/mol. The number of aromatic amines is 1. The van der Waals surface area contributed by atoms with Gasteiger partial charge in [0, 0.05) is 11.4 Å². The molecule has 0 radical (unpaired) electrons. The highest BCUT2D eigenvalue weighted by atomic mass is 16.5. The number of nitrogens with zero attached hydrogens (tertiary/aromatic N) is 3. The first kappa shape index (κ1) is 24.9. The van der Waals surface area contributed by atoms with Gasteiger partial charge in [0.2, 0.25) is 5.88 Å². The Kier molecular flexibility index (Phi) is 7.39. The molecule has 0 saturated carbocycles. The number of carbonyl (C=O) groups is 2. The maximum atomic E-state index is 13.8. The fourth-order valence-electron chi connectivity index (χ4n) is 3.61. The molecule has 0 aliphatic rings. The minimum Gasteiger partial charge on any atom is -0.494 e. The van der Waals surface area contributed by atoms with E-state index in [-0.39, 0.29) is 23.8 Å². The number of rotatable bonds is 7. The quantitative estimate of drug-likeness (QED) is 0.235. The molecule has 4 N–H and O–H groups in total. The van der Waals surface area contributed by atoms with Crippen molar-refractivity contribution in [1.82, 2.24) is 4.98 Å². The number of aromatic nitrogens is 1. The average molecular weight is 498 g/mol. The summed E-state index contributed by atoms with van der Waals surface area (Å²) >= 11 is 0. The predicted molar refractivity (Wildman–Crippen MR) is 139 cm³/mol. The van der Waals surface area contributed by atoms with Gasteiger partial charge in [0.05, 0.1) is 23.5 Å². The molecule has 0 fully saturated rings. The number of pyridine rings is 1. The molecule has 3 aromatic carbocycles. The first-order chi connectivity index (χ1) is 17.9. The van der Waals surface area contributed by atoms with E-state index in [1.807, 2.05) is 60.7 Å². The van der Waals surface area contributed by atoms with Crippen LogP contribution in [0.3, 0.4) is 0 Å². The number of H-pyrrole nitrogens is 1. The number of azo groups is 1. The zero-order valence-electron chi connectivity index (χ0n) is 19.8. The van der Waals surface area contributed by atoms with Crippen molar-refractivity contribution in [3.05, 3.63) is 106 Å². The molecule has 0 aliphatic heterocycles. The van der Waals surface area contributed by atoms with Crippen molar-refractivity contribution in [3.8, 4) is 5.88 Å². The van der Waals surface area contributed by atoms with Crippen molar-refractivity contribution in [1.29, 1.82) is 0 Å². The van der Waals surface area contributed by atoms with Crippen LogP contribution in [0.4, 0.5) is 28.4 Å². The summed E-state index contributed by atoms with van der Waals surface area (Å²) in [6.07, 6.45) is 0. The lowest BCUT2D eigenvalue weighted by Gasteiger charge is -2.23. The topological polar surface area (TPSA) is 150 Å². The summed E-state index contributed by atoms with van der Waals surface area (Å²) in [5.41, 5.74) is 5.51. The standard InChI is InChI=1S/C27H23N5O5/c1-2-37-27(36)21-22(28)23(25(34)29-24(21)33)31-30-20-16-10-9-15-19(20)26(35)32(17-11-5-3-6-12-17)18-13-7-4-8-14-18/h3-16H,2H2,1H3,(H4,28,29,33,34). The van der Waals surface area contributed by atoms with E-state index in [1.165, 1.54) is 4.90 Å². The van der Waals surface area contributed by atoms with Crippen LogP contribution in [0.15, 0.2) is 100.0 Å². The van der Waals surface area contributed by atoms with Gasteiger partial charge in [-0.05, 0) is 43.3 Å². The summed E-state index contributed by atoms with van der Waals surface area (Å²) in [6, 6.07) is 24.7. The lowest BCUT2D eigenvalue weighted by molar-refractivity contribution is 0.0523. The minimum atomic E-state index is -0.929. The van der Waals surface area contributed by atoms with E-state index in [0.717, 1.165) is 0 Å². The molecule has 10 nitrogen and oxygen atoms in total. The van der Waals surface area contributed by atoms with Crippen molar-refractivity contribution in [2.75, 3.05) is 17.2 Å². The number of anilines is 3. The third-order valence-corrected chi connectivity index (χ3v) is 5.31. The molecule has 1 heterocycles. The second-order valence-corrected chi connectivity index (χ2v) is 7.69. The number of hydrogen-bond donors (Lipinski definition) is 3. The monoisotopic (exact) mass is 497 g/mol. The normalized spacial score (nSPS) is 10.8. The third-order valence-electron chi connectivity index (χ3n) is 5.31. The molecule has 10 heteroatoms. The SMILES string of the molecule is CCOC(=O)c1c(O)[nH]c(=O)c(N=Nc2ccccc2C(=O)N(c2ccccc2)c2ccccc2)c1N. The third kappa shape index (κ3) is 5.22. The molecule has 186 valence electrons. The first-order valence-electron chi connectivity index (χ1n) is 11.3. The van der Waals surface area contributed by atoms with Crippen LogP contribution < -0.4 is 16.2 Å². The van der Waals surface area contributed by atoms with Crippen molar-refractivity contribution in [2.24, 2.45) is 10.2 Å². The Labute approximate surface area is 211 Å². The molecular formula is C27H23N5O5. The Morgan fingerprint density at radius 2 is 1.49 bits per heavy atom. The number of carbonyl (C=O) groups excluding carboxylic acids is 2. The highest BCUT2D eigenvalue weighted by Gasteiger charge is 2.24. The van der Waals surface area contributed by atoms with Gasteiger partial charge >= 0.3 is 5.97 Å². The number of benzene rings is 3. The van der Waals surface area contributed by atoms with Gasteiger partial charge in [-0.2, -0.15) is 0 Å². The zero-order chi connectivity index (χ0) is 26.4. The van der Waals surface area contributed by atoms with Crippen LogP contribution in [0.1, 0.15) is 27.6 Å². The Morgan fingerprint density at radius 3 is 2.08 bits per heavy atom. The number of nitrogen functional groups attached to an aromatic ring is 1. The lowest BCUT2D eigenvalue weighted by Crippen LogP contribution is -2.26. The lowest BCUT2D eigenvalue weighted by atomic mass is 10.1. The first-order valence-corrected chi connectivity index (χ1v) is 11.3. The van der Waals surface area contributed by atoms with E-state index < -0.39 is 34.3 Å². The number of amides is 1. The fourth-order valence-corrected chi connectivity index (χ4v) is 3.61. The highest BCUT2D eigenvalue weighted by molar-refractivity contribution is 6.13. The summed E-state index contributed by atoms with van der Waals surface area (Å²) in [6.45, 7) is 1.61. The second kappa shape index (κ2) is 11.0. The van der Waals surface area contributed by atoms with E-state index in [9.17, 15) is 19.5 Å². The molecule has 0 bridgehead atoms. The molecule has 0 atom stereocenters. The molecule has 0 spiro atoms. The second-order valence-electron chi connectivity index (χ2n) is 7.69. The molecule has 0 unspecified atom stereocenters. The van der Waals surface area contributed by atoms with E-state index in [2.05, 4.69) is 15.2 Å². The van der Waals surface area contributed by atoms with E-state index in [1.54, 1.807) is 31.2 Å². The van der Waals surface area contributed by atoms with Crippen LogP contribution in [0, 0.1) is 0 Å². The molecule has 1 aromatic heterocycles. The van der Waals surface area contributed by atoms with Gasteiger partial charge in [0.15, 0.2) is 5.69 Å². The number of ether oxygens (including phenoxy) is 1. The van der Waals surface area contributed by atoms with Crippen LogP contribution in [0.25, 0.3) is 0 Å². The van der Waals surface area contributed by atoms with Crippen LogP contribution in [-0.2, 0) is 4.74 Å². The van der Waals surface area contributed by atoms with E-state index in [4.69, 9.17) is 10.5 Å². The van der Waals surface area contributed by atoms with Crippen LogP contribution in [0.2, 0.25) is 0 Å². The minimum absolute atomic E-state index is 0.0303. The molecule has 37 heavy (non-hydrogen) atoms. The Bertz CT molecular complexity index is 1480. The van der Waals surface area contributed by atoms with Gasteiger partial charge in [0.25, 0.3) is 11.5 Å². The fraction of sp³-hybridized carbons (Fsp3) is 0.0741. The number of hydrogen-bond acceptors (Lipinski definition) is 8. The van der Waals surface area contributed by atoms with Gasteiger partial charge in [-0.15, -0.1) is 10.2 Å². The average Bonchev–Trinajstić information content (AvgIpc) is 2.90.